The van der Waals surface area contributed by atoms with Crippen molar-refractivity contribution in [3.8, 4) is 0 Å². The Labute approximate surface area is 290 Å². The van der Waals surface area contributed by atoms with Gasteiger partial charge in [-0.3, -0.25) is 0 Å². The van der Waals surface area contributed by atoms with Crippen molar-refractivity contribution in [1.29, 1.82) is 0 Å². The number of nitrogens with zero attached hydrogens (tertiary/aromatic N) is 3. The predicted octanol–water partition coefficient (Wildman–Crippen LogP) is -3.49. The zero-order chi connectivity index (χ0) is 39.1. The van der Waals surface area contributed by atoms with Crippen LogP contribution in [0.2, 0.25) is 0 Å². The lowest BCUT2D eigenvalue weighted by molar-refractivity contribution is -0.340. The summed E-state index contributed by atoms with van der Waals surface area (Å²) in [4.78, 5) is 26.4. The number of aliphatic carboxylic acids is 2. The van der Waals surface area contributed by atoms with Crippen molar-refractivity contribution >= 4 is 11.9 Å². The Morgan fingerprint density at radius 2 is 1.33 bits per heavy atom. The first-order chi connectivity index (χ1) is 23.6. The van der Waals surface area contributed by atoms with Crippen molar-refractivity contribution in [1.82, 2.24) is 0 Å². The summed E-state index contributed by atoms with van der Waals surface area (Å²) in [6, 6.07) is 0. The Balaban J connectivity index is 2.34. The molecular formula is C28H47N3O20. The summed E-state index contributed by atoms with van der Waals surface area (Å²) in [5.74, 6) is -5.39. The second-order valence-corrected chi connectivity index (χ2v) is 12.5. The summed E-state index contributed by atoms with van der Waals surface area (Å²) < 4.78 is 32.3. The molecule has 12 N–H and O–H groups in total. The highest BCUT2D eigenvalue weighted by atomic mass is 16.7. The van der Waals surface area contributed by atoms with E-state index in [4.69, 9.17) is 34.0 Å². The van der Waals surface area contributed by atoms with Gasteiger partial charge >= 0.3 is 11.9 Å². The lowest BCUT2D eigenvalue weighted by Gasteiger charge is -2.47. The highest BCUT2D eigenvalue weighted by Gasteiger charge is 2.55. The van der Waals surface area contributed by atoms with E-state index in [-0.39, 0.29) is 13.2 Å². The van der Waals surface area contributed by atoms with Crippen LogP contribution in [0.15, 0.2) is 16.6 Å². The van der Waals surface area contributed by atoms with E-state index >= 15 is 0 Å². The van der Waals surface area contributed by atoms with E-state index in [2.05, 4.69) is 10.0 Å². The minimum atomic E-state index is -2.53. The first-order valence-electron chi connectivity index (χ1n) is 15.5. The van der Waals surface area contributed by atoms with E-state index in [1.165, 1.54) is 13.8 Å². The third-order valence-electron chi connectivity index (χ3n) is 8.13. The number of rotatable bonds is 18. The second-order valence-electron chi connectivity index (χ2n) is 12.5. The van der Waals surface area contributed by atoms with E-state index < -0.39 is 127 Å². The quantitative estimate of drug-likeness (QED) is 0.0162. The Kier molecular flexibility index (Phi) is 16.2. The van der Waals surface area contributed by atoms with Crippen molar-refractivity contribution < 1.29 is 99.3 Å². The van der Waals surface area contributed by atoms with Crippen molar-refractivity contribution in [3.63, 3.8) is 0 Å². The third kappa shape index (κ3) is 10.8. The summed E-state index contributed by atoms with van der Waals surface area (Å²) in [6.07, 6.45) is -32.4. The van der Waals surface area contributed by atoms with Crippen LogP contribution in [0.5, 0.6) is 0 Å². The Morgan fingerprint density at radius 1 is 0.804 bits per heavy atom. The number of carboxylic acid groups (broad SMARTS) is 2. The first kappa shape index (κ1) is 44.2. The molecule has 0 aromatic rings. The Bertz CT molecular complexity index is 1250. The number of ether oxygens (including phenoxy) is 6. The Morgan fingerprint density at radius 3 is 1.82 bits per heavy atom. The highest BCUT2D eigenvalue weighted by Crippen LogP contribution is 2.34. The minimum Gasteiger partial charge on any atom is -0.506 e. The summed E-state index contributed by atoms with van der Waals surface area (Å²) in [5.41, 5.74) is 6.93. The van der Waals surface area contributed by atoms with E-state index in [1.54, 1.807) is 0 Å². The number of carbonyl (C=O) groups is 2. The number of aliphatic hydroxyl groups is 10. The number of azide groups is 1. The maximum Gasteiger partial charge on any atom is 0.335 e. The van der Waals surface area contributed by atoms with Gasteiger partial charge in [-0.25, -0.2) is 9.59 Å². The van der Waals surface area contributed by atoms with Crippen LogP contribution in [0, 0.1) is 0 Å². The lowest BCUT2D eigenvalue weighted by Crippen LogP contribution is -2.67. The predicted molar refractivity (Wildman–Crippen MR) is 162 cm³/mol. The van der Waals surface area contributed by atoms with E-state index in [1.807, 2.05) is 0 Å². The fraction of sp³-hybridized carbons (Fsp3) is 0.857. The second kappa shape index (κ2) is 18.7. The molecule has 2 saturated heterocycles. The number of hydrogen-bond donors (Lipinski definition) is 12. The number of carboxylic acids is 2. The molecule has 51 heavy (non-hydrogen) atoms. The number of hydrogen-bond acceptors (Lipinski definition) is 19. The van der Waals surface area contributed by atoms with Gasteiger partial charge in [-0.1, -0.05) is 5.11 Å². The van der Waals surface area contributed by atoms with Crippen molar-refractivity contribution in [2.75, 3.05) is 13.2 Å². The molecule has 0 aromatic heterocycles. The smallest absolute Gasteiger partial charge is 0.335 e. The molecule has 0 aromatic carbocycles. The molecule has 2 heterocycles. The van der Waals surface area contributed by atoms with Crippen LogP contribution in [0.3, 0.4) is 0 Å². The highest BCUT2D eigenvalue weighted by molar-refractivity contribution is 5.74. The molecule has 0 saturated carbocycles. The largest absolute Gasteiger partial charge is 0.506 e. The summed E-state index contributed by atoms with van der Waals surface area (Å²) in [7, 11) is 0. The third-order valence-corrected chi connectivity index (χ3v) is 8.13. The molecule has 2 fully saturated rings. The van der Waals surface area contributed by atoms with Crippen LogP contribution in [0.25, 0.3) is 10.4 Å². The minimum absolute atomic E-state index is 0.150. The maximum atomic E-state index is 11.9. The van der Waals surface area contributed by atoms with Gasteiger partial charge < -0.3 is 89.7 Å². The standard InChI is InChI=1S/C28H47N3O20/c1-8(32)11(34)12(35)10(3)47-20-14(37)22(25(43)44)51-27(17(20)40)50-18(9(2)33)16(39)26(45)49-19-13(36)21(24(41)42)48-23(15(19)38)28(4,5)46-7-6-30-31-29/h8-10,13-23,26-27,32-40,45H,6-7H2,1-5H3,(H,41,42)(H,43,44)/b12-11+/t8-,9-,10+,13+,14+,15?,16?,17?,18?,19?,20?,21?,22?,23-,26-,27-/m1/s1. The fourth-order valence-corrected chi connectivity index (χ4v) is 5.36. The fourth-order valence-electron chi connectivity index (χ4n) is 5.36. The van der Waals surface area contributed by atoms with Gasteiger partial charge in [0.1, 0.15) is 67.1 Å². The van der Waals surface area contributed by atoms with E-state index in [9.17, 15) is 70.9 Å². The van der Waals surface area contributed by atoms with Gasteiger partial charge in [-0.2, -0.15) is 0 Å². The SMILES string of the molecule is C[C@H](OC1C(O)[C@H](OC(C(O)[C@H](O)OC2C(O)[C@H](C(C)(C)OCCN=[N+]=[N-])OC(C(=O)O)[C@H]2O)[C@@H](C)O)OC(C(=O)O)[C@H]1O)/C(O)=C(\O)[C@@H](C)O. The van der Waals surface area contributed by atoms with Crippen LogP contribution < -0.4 is 0 Å². The molecular weight excluding hydrogens is 698 g/mol. The van der Waals surface area contributed by atoms with Gasteiger partial charge in [0.2, 0.25) is 0 Å². The summed E-state index contributed by atoms with van der Waals surface area (Å²) >= 11 is 0. The molecule has 0 radical (unpaired) electrons. The number of aliphatic hydroxyl groups excluding tert-OH is 10. The first-order valence-corrected chi connectivity index (χ1v) is 15.5. The maximum absolute atomic E-state index is 11.9. The molecule has 2 aliphatic rings. The molecule has 8 unspecified atom stereocenters. The molecule has 2 aliphatic heterocycles. The van der Waals surface area contributed by atoms with Gasteiger partial charge in [0.25, 0.3) is 0 Å². The van der Waals surface area contributed by atoms with Crippen molar-refractivity contribution in [3.05, 3.63) is 22.0 Å². The van der Waals surface area contributed by atoms with Crippen molar-refractivity contribution in [2.24, 2.45) is 5.11 Å². The zero-order valence-electron chi connectivity index (χ0n) is 28.1. The normalized spacial score (nSPS) is 34.2. The Hall–Kier alpha value is -2.97. The molecule has 0 bridgehead atoms. The average Bonchev–Trinajstić information content (AvgIpc) is 3.04. The molecule has 294 valence electrons. The summed E-state index contributed by atoms with van der Waals surface area (Å²) in [5, 5.41) is 128. The van der Waals surface area contributed by atoms with Gasteiger partial charge in [0, 0.05) is 11.5 Å². The van der Waals surface area contributed by atoms with Gasteiger partial charge in [-0.05, 0) is 40.1 Å². The van der Waals surface area contributed by atoms with E-state index in [0.29, 0.717) is 0 Å². The van der Waals surface area contributed by atoms with Crippen LogP contribution in [-0.2, 0) is 38.0 Å². The van der Waals surface area contributed by atoms with Crippen molar-refractivity contribution in [2.45, 2.75) is 138 Å². The molecule has 0 amide bonds. The van der Waals surface area contributed by atoms with Gasteiger partial charge in [0.15, 0.2) is 36.3 Å². The van der Waals surface area contributed by atoms with Crippen LogP contribution >= 0.6 is 0 Å². The van der Waals surface area contributed by atoms with Crippen LogP contribution in [-0.4, -0.2) is 190 Å². The average molecular weight is 746 g/mol. The molecule has 0 spiro atoms. The molecule has 16 atom stereocenters. The molecule has 23 nitrogen and oxygen atoms in total. The summed E-state index contributed by atoms with van der Waals surface area (Å²) in [6.45, 7) is 5.61. The molecule has 2 rings (SSSR count). The zero-order valence-corrected chi connectivity index (χ0v) is 28.1. The molecule has 23 heteroatoms. The topological polar surface area (TPSA) is 381 Å². The lowest BCUT2D eigenvalue weighted by atomic mass is 9.86. The van der Waals surface area contributed by atoms with Gasteiger partial charge in [-0.15, -0.1) is 0 Å². The van der Waals surface area contributed by atoms with Gasteiger partial charge in [0.05, 0.1) is 18.3 Å². The van der Waals surface area contributed by atoms with Crippen LogP contribution in [0.4, 0.5) is 0 Å². The monoisotopic (exact) mass is 745 g/mol. The van der Waals surface area contributed by atoms with Crippen LogP contribution in [0.1, 0.15) is 34.6 Å². The van der Waals surface area contributed by atoms with E-state index in [0.717, 1.165) is 20.8 Å². The molecule has 0 aliphatic carbocycles.